The van der Waals surface area contributed by atoms with Gasteiger partial charge in [-0.3, -0.25) is 9.59 Å². The Balaban J connectivity index is 1.39. The average Bonchev–Trinajstić information content (AvgIpc) is 3.13. The molecule has 3 aromatic carbocycles. The van der Waals surface area contributed by atoms with Crippen LogP contribution in [0.4, 0.5) is 5.69 Å². The lowest BCUT2D eigenvalue weighted by atomic mass is 10.0. The summed E-state index contributed by atoms with van der Waals surface area (Å²) < 4.78 is 11.8. The molecule has 1 aliphatic rings. The molecule has 5 nitrogen and oxygen atoms in total. The van der Waals surface area contributed by atoms with Crippen LogP contribution in [0.25, 0.3) is 22.1 Å². The molecule has 0 aliphatic carbocycles. The number of carbonyl (C=O) groups is 1. The lowest BCUT2D eigenvalue weighted by Crippen LogP contribution is -2.39. The van der Waals surface area contributed by atoms with Crippen molar-refractivity contribution in [1.29, 1.82) is 0 Å². The van der Waals surface area contributed by atoms with Crippen LogP contribution in [0.1, 0.15) is 18.2 Å². The number of carbonyl (C=O) groups excluding carboxylic acids is 1. The minimum atomic E-state index is -0.0976. The van der Waals surface area contributed by atoms with Crippen LogP contribution in [0.3, 0.4) is 0 Å². The molecule has 1 atom stereocenters. The van der Waals surface area contributed by atoms with Crippen LogP contribution in [0, 0.1) is 6.92 Å². The van der Waals surface area contributed by atoms with Gasteiger partial charge in [-0.1, -0.05) is 48.5 Å². The Bertz CT molecular complexity index is 1370. The number of benzene rings is 3. The minimum Gasteiger partial charge on any atom is -0.484 e. The highest BCUT2D eigenvalue weighted by atomic mass is 16.5. The average molecular weight is 425 g/mol. The van der Waals surface area contributed by atoms with Gasteiger partial charge in [0.1, 0.15) is 17.1 Å². The predicted octanol–water partition coefficient (Wildman–Crippen LogP) is 5.13. The fraction of sp³-hybridized carbons (Fsp3) is 0.185. The first-order valence-electron chi connectivity index (χ1n) is 10.7. The summed E-state index contributed by atoms with van der Waals surface area (Å²) in [5.74, 6) is 0.935. The topological polar surface area (TPSA) is 59.8 Å². The fourth-order valence-electron chi connectivity index (χ4n) is 4.47. The van der Waals surface area contributed by atoms with Gasteiger partial charge in [-0.2, -0.15) is 0 Å². The first-order valence-corrected chi connectivity index (χ1v) is 10.7. The zero-order chi connectivity index (χ0) is 22.2. The van der Waals surface area contributed by atoms with Gasteiger partial charge in [-0.25, -0.2) is 0 Å². The minimum absolute atomic E-state index is 0.0833. The highest BCUT2D eigenvalue weighted by Crippen LogP contribution is 2.32. The SMILES string of the molecule is Cc1oc2cc(OCC(=O)N3c4ccccc4CC3C)ccc2c(=O)c1-c1ccccc1. The first kappa shape index (κ1) is 20.1. The van der Waals surface area contributed by atoms with E-state index in [9.17, 15) is 9.59 Å². The maximum Gasteiger partial charge on any atom is 0.265 e. The van der Waals surface area contributed by atoms with E-state index in [2.05, 4.69) is 6.07 Å². The van der Waals surface area contributed by atoms with Crippen molar-refractivity contribution < 1.29 is 13.9 Å². The van der Waals surface area contributed by atoms with Crippen LogP contribution in [-0.2, 0) is 11.2 Å². The summed E-state index contributed by atoms with van der Waals surface area (Å²) in [5.41, 5.74) is 3.86. The van der Waals surface area contributed by atoms with Crippen LogP contribution in [0.15, 0.2) is 82.0 Å². The van der Waals surface area contributed by atoms with Gasteiger partial charge in [0.25, 0.3) is 5.91 Å². The molecule has 0 N–H and O–H groups in total. The molecule has 5 heteroatoms. The number of hydrogen-bond acceptors (Lipinski definition) is 4. The van der Waals surface area contributed by atoms with E-state index in [1.165, 1.54) is 5.56 Å². The number of para-hydroxylation sites is 1. The van der Waals surface area contributed by atoms with E-state index >= 15 is 0 Å². The third-order valence-corrected chi connectivity index (χ3v) is 5.94. The molecule has 1 aliphatic heterocycles. The van der Waals surface area contributed by atoms with Crippen molar-refractivity contribution >= 4 is 22.6 Å². The number of aryl methyl sites for hydroxylation is 1. The normalized spacial score (nSPS) is 15.1. The molecule has 1 aromatic heterocycles. The van der Waals surface area contributed by atoms with Gasteiger partial charge >= 0.3 is 0 Å². The lowest BCUT2D eigenvalue weighted by Gasteiger charge is -2.22. The highest BCUT2D eigenvalue weighted by molar-refractivity contribution is 5.97. The number of rotatable bonds is 4. The van der Waals surface area contributed by atoms with Crippen molar-refractivity contribution in [2.45, 2.75) is 26.3 Å². The summed E-state index contributed by atoms with van der Waals surface area (Å²) >= 11 is 0. The summed E-state index contributed by atoms with van der Waals surface area (Å²) in [6, 6.07) is 22.6. The molecule has 0 fully saturated rings. The van der Waals surface area contributed by atoms with Gasteiger partial charge in [0.2, 0.25) is 5.43 Å². The molecule has 0 bridgehead atoms. The van der Waals surface area contributed by atoms with Crippen molar-refractivity contribution in [2.24, 2.45) is 0 Å². The molecule has 1 unspecified atom stereocenters. The molecule has 32 heavy (non-hydrogen) atoms. The molecule has 0 spiro atoms. The second-order valence-corrected chi connectivity index (χ2v) is 8.12. The Hall–Kier alpha value is -3.86. The molecular formula is C27H23NO4. The van der Waals surface area contributed by atoms with Crippen molar-refractivity contribution in [3.05, 3.63) is 94.3 Å². The predicted molar refractivity (Wildman–Crippen MR) is 125 cm³/mol. The van der Waals surface area contributed by atoms with E-state index in [0.29, 0.717) is 28.0 Å². The third kappa shape index (κ3) is 3.46. The van der Waals surface area contributed by atoms with Gasteiger partial charge < -0.3 is 14.1 Å². The quantitative estimate of drug-likeness (QED) is 0.455. The lowest BCUT2D eigenvalue weighted by molar-refractivity contribution is -0.120. The number of anilines is 1. The number of hydrogen-bond donors (Lipinski definition) is 0. The fourth-order valence-corrected chi connectivity index (χ4v) is 4.47. The van der Waals surface area contributed by atoms with E-state index in [4.69, 9.17) is 9.15 Å². The van der Waals surface area contributed by atoms with E-state index in [-0.39, 0.29) is 24.0 Å². The Labute approximate surface area is 185 Å². The molecule has 1 amide bonds. The maximum atomic E-state index is 13.1. The van der Waals surface area contributed by atoms with Crippen molar-refractivity contribution in [1.82, 2.24) is 0 Å². The molecule has 4 aromatic rings. The third-order valence-electron chi connectivity index (χ3n) is 5.94. The molecule has 0 saturated carbocycles. The highest BCUT2D eigenvalue weighted by Gasteiger charge is 2.30. The second-order valence-electron chi connectivity index (χ2n) is 8.12. The van der Waals surface area contributed by atoms with Crippen LogP contribution in [0.2, 0.25) is 0 Å². The van der Waals surface area contributed by atoms with Gasteiger partial charge in [-0.15, -0.1) is 0 Å². The Morgan fingerprint density at radius 3 is 2.62 bits per heavy atom. The summed E-state index contributed by atoms with van der Waals surface area (Å²) in [7, 11) is 0. The molecule has 0 radical (unpaired) electrons. The largest absolute Gasteiger partial charge is 0.484 e. The number of ether oxygens (including phenoxy) is 1. The Morgan fingerprint density at radius 1 is 1.06 bits per heavy atom. The standard InChI is InChI=1S/C27H23NO4/c1-17-14-20-10-6-7-11-23(20)28(17)25(29)16-31-21-12-13-22-24(15-21)32-18(2)26(27(22)30)19-8-4-3-5-9-19/h3-13,15,17H,14,16H2,1-2H3. The molecular weight excluding hydrogens is 402 g/mol. The summed E-state index contributed by atoms with van der Waals surface area (Å²) in [6.07, 6.45) is 0.839. The summed E-state index contributed by atoms with van der Waals surface area (Å²) in [4.78, 5) is 27.8. The zero-order valence-electron chi connectivity index (χ0n) is 18.0. The van der Waals surface area contributed by atoms with Gasteiger partial charge in [0, 0.05) is 17.8 Å². The van der Waals surface area contributed by atoms with Crippen LogP contribution >= 0.6 is 0 Å². The van der Waals surface area contributed by atoms with Crippen molar-refractivity contribution in [3.63, 3.8) is 0 Å². The number of amides is 1. The first-order chi connectivity index (χ1) is 15.5. The van der Waals surface area contributed by atoms with Crippen molar-refractivity contribution in [2.75, 3.05) is 11.5 Å². The summed E-state index contributed by atoms with van der Waals surface area (Å²) in [5, 5.41) is 0.482. The van der Waals surface area contributed by atoms with Crippen LogP contribution in [-0.4, -0.2) is 18.6 Å². The monoisotopic (exact) mass is 425 g/mol. The van der Waals surface area contributed by atoms with Crippen molar-refractivity contribution in [3.8, 4) is 16.9 Å². The number of nitrogens with zero attached hydrogens (tertiary/aromatic N) is 1. The van der Waals surface area contributed by atoms with E-state index < -0.39 is 0 Å². The maximum absolute atomic E-state index is 13.1. The zero-order valence-corrected chi connectivity index (χ0v) is 18.0. The van der Waals surface area contributed by atoms with E-state index in [1.54, 1.807) is 30.0 Å². The van der Waals surface area contributed by atoms with Gasteiger partial charge in [0.05, 0.1) is 10.9 Å². The van der Waals surface area contributed by atoms with Crippen LogP contribution in [0.5, 0.6) is 5.75 Å². The second kappa shape index (κ2) is 8.00. The Morgan fingerprint density at radius 2 is 1.81 bits per heavy atom. The molecule has 5 rings (SSSR count). The number of fused-ring (bicyclic) bond motifs is 2. The van der Waals surface area contributed by atoms with E-state index in [0.717, 1.165) is 17.7 Å². The van der Waals surface area contributed by atoms with Gasteiger partial charge in [0.15, 0.2) is 6.61 Å². The van der Waals surface area contributed by atoms with Gasteiger partial charge in [-0.05, 0) is 49.6 Å². The molecule has 160 valence electrons. The molecule has 0 saturated heterocycles. The summed E-state index contributed by atoms with van der Waals surface area (Å²) in [6.45, 7) is 3.73. The van der Waals surface area contributed by atoms with Crippen LogP contribution < -0.4 is 15.1 Å². The Kier molecular flexibility index (Phi) is 5.02. The smallest absolute Gasteiger partial charge is 0.265 e. The molecule has 2 heterocycles. The van der Waals surface area contributed by atoms with E-state index in [1.807, 2.05) is 55.5 Å².